The molecule has 1 atom stereocenters. The average molecular weight is 310 g/mol. The summed E-state index contributed by atoms with van der Waals surface area (Å²) in [6, 6.07) is 16.5. The van der Waals surface area contributed by atoms with Crippen LogP contribution in [0, 0.1) is 0 Å². The minimum absolute atomic E-state index is 0.0702. The molecule has 4 heteroatoms. The molecule has 0 aliphatic heterocycles. The maximum atomic E-state index is 12.0. The number of rotatable bonds is 6. The maximum absolute atomic E-state index is 12.0. The van der Waals surface area contributed by atoms with Gasteiger partial charge in [-0.25, -0.2) is 0 Å². The van der Waals surface area contributed by atoms with Crippen LogP contribution >= 0.6 is 0 Å². The normalized spacial score (nSPS) is 11.6. The first-order valence-electron chi connectivity index (χ1n) is 7.83. The van der Waals surface area contributed by atoms with Crippen LogP contribution < -0.4 is 10.6 Å². The van der Waals surface area contributed by atoms with Crippen molar-refractivity contribution in [3.8, 4) is 0 Å². The Kier molecular flexibility index (Phi) is 5.92. The Hall–Kier alpha value is -2.62. The van der Waals surface area contributed by atoms with E-state index in [0.29, 0.717) is 17.7 Å². The van der Waals surface area contributed by atoms with E-state index in [1.54, 1.807) is 24.3 Å². The molecule has 0 saturated carbocycles. The van der Waals surface area contributed by atoms with Gasteiger partial charge in [0.1, 0.15) is 0 Å². The molecule has 0 aliphatic rings. The van der Waals surface area contributed by atoms with E-state index in [1.807, 2.05) is 44.2 Å². The Morgan fingerprint density at radius 1 is 0.913 bits per heavy atom. The van der Waals surface area contributed by atoms with Gasteiger partial charge in [-0.2, -0.15) is 0 Å². The predicted molar refractivity (Wildman–Crippen MR) is 91.3 cm³/mol. The lowest BCUT2D eigenvalue weighted by molar-refractivity contribution is 0.0934. The van der Waals surface area contributed by atoms with Crippen LogP contribution in [0.25, 0.3) is 0 Å². The van der Waals surface area contributed by atoms with Crippen LogP contribution in [-0.4, -0.2) is 17.9 Å². The number of amides is 2. The van der Waals surface area contributed by atoms with Crippen LogP contribution in [0.1, 0.15) is 46.5 Å². The molecule has 2 aromatic rings. The first-order valence-corrected chi connectivity index (χ1v) is 7.83. The van der Waals surface area contributed by atoms with Crippen molar-refractivity contribution >= 4 is 11.8 Å². The predicted octanol–water partition coefficient (Wildman–Crippen LogP) is 3.14. The van der Waals surface area contributed by atoms with Gasteiger partial charge in [0.2, 0.25) is 0 Å². The topological polar surface area (TPSA) is 58.2 Å². The van der Waals surface area contributed by atoms with Gasteiger partial charge >= 0.3 is 0 Å². The van der Waals surface area contributed by atoms with Gasteiger partial charge in [0.25, 0.3) is 11.8 Å². The van der Waals surface area contributed by atoms with E-state index >= 15 is 0 Å². The third kappa shape index (κ3) is 4.95. The summed E-state index contributed by atoms with van der Waals surface area (Å²) in [5.74, 6) is -0.177. The van der Waals surface area contributed by atoms with Crippen LogP contribution in [0.4, 0.5) is 0 Å². The molecule has 4 nitrogen and oxygen atoms in total. The van der Waals surface area contributed by atoms with E-state index in [1.165, 1.54) is 0 Å². The van der Waals surface area contributed by atoms with Crippen molar-refractivity contribution in [1.82, 2.24) is 10.6 Å². The lowest BCUT2D eigenvalue weighted by Gasteiger charge is -2.11. The van der Waals surface area contributed by atoms with Crippen molar-refractivity contribution in [2.24, 2.45) is 0 Å². The Bertz CT molecular complexity index is 651. The highest BCUT2D eigenvalue weighted by molar-refractivity contribution is 5.95. The molecule has 2 N–H and O–H groups in total. The lowest BCUT2D eigenvalue weighted by atomic mass is 10.1. The van der Waals surface area contributed by atoms with Gasteiger partial charge in [-0.1, -0.05) is 37.3 Å². The second-order valence-electron chi connectivity index (χ2n) is 5.53. The molecule has 120 valence electrons. The Morgan fingerprint density at radius 3 is 2.13 bits per heavy atom. The van der Waals surface area contributed by atoms with Crippen LogP contribution in [0.2, 0.25) is 0 Å². The summed E-state index contributed by atoms with van der Waals surface area (Å²) in [5, 5.41) is 5.79. The van der Waals surface area contributed by atoms with Crippen LogP contribution in [0.3, 0.4) is 0 Å². The van der Waals surface area contributed by atoms with Crippen molar-refractivity contribution in [3.05, 3.63) is 71.3 Å². The van der Waals surface area contributed by atoms with Gasteiger partial charge in [-0.05, 0) is 43.2 Å². The molecular weight excluding hydrogens is 288 g/mol. The van der Waals surface area contributed by atoms with E-state index in [9.17, 15) is 9.59 Å². The number of hydrogen-bond acceptors (Lipinski definition) is 2. The Morgan fingerprint density at radius 2 is 1.52 bits per heavy atom. The van der Waals surface area contributed by atoms with Gasteiger partial charge in [0, 0.05) is 23.7 Å². The SMILES string of the molecule is CCC(C)NC(=O)c1ccc(CNC(=O)c2ccccc2)cc1. The third-order valence-corrected chi connectivity index (χ3v) is 3.70. The van der Waals surface area contributed by atoms with Gasteiger partial charge in [-0.3, -0.25) is 9.59 Å². The number of benzene rings is 2. The maximum Gasteiger partial charge on any atom is 0.251 e. The fourth-order valence-corrected chi connectivity index (χ4v) is 2.06. The van der Waals surface area contributed by atoms with Gasteiger partial charge in [0.05, 0.1) is 0 Å². The van der Waals surface area contributed by atoms with Crippen LogP contribution in [0.5, 0.6) is 0 Å². The molecule has 2 amide bonds. The average Bonchev–Trinajstić information content (AvgIpc) is 2.60. The molecule has 2 rings (SSSR count). The zero-order valence-corrected chi connectivity index (χ0v) is 13.5. The van der Waals surface area contributed by atoms with E-state index in [0.717, 1.165) is 12.0 Å². The zero-order chi connectivity index (χ0) is 16.7. The Balaban J connectivity index is 1.90. The number of hydrogen-bond donors (Lipinski definition) is 2. The summed E-state index contributed by atoms with van der Waals surface area (Å²) in [7, 11) is 0. The van der Waals surface area contributed by atoms with Crippen LogP contribution in [-0.2, 0) is 6.54 Å². The minimum Gasteiger partial charge on any atom is -0.350 e. The second-order valence-corrected chi connectivity index (χ2v) is 5.53. The summed E-state index contributed by atoms with van der Waals surface area (Å²) in [5.41, 5.74) is 2.22. The van der Waals surface area contributed by atoms with E-state index in [2.05, 4.69) is 10.6 Å². The van der Waals surface area contributed by atoms with Crippen molar-refractivity contribution in [2.45, 2.75) is 32.9 Å². The first kappa shape index (κ1) is 16.7. The molecule has 0 spiro atoms. The van der Waals surface area contributed by atoms with E-state index in [-0.39, 0.29) is 17.9 Å². The molecule has 0 heterocycles. The smallest absolute Gasteiger partial charge is 0.251 e. The minimum atomic E-state index is -0.107. The third-order valence-electron chi connectivity index (χ3n) is 3.70. The van der Waals surface area contributed by atoms with Crippen molar-refractivity contribution in [2.75, 3.05) is 0 Å². The first-order chi connectivity index (χ1) is 11.1. The van der Waals surface area contributed by atoms with E-state index in [4.69, 9.17) is 0 Å². The van der Waals surface area contributed by atoms with E-state index < -0.39 is 0 Å². The summed E-state index contributed by atoms with van der Waals surface area (Å²) in [4.78, 5) is 24.0. The van der Waals surface area contributed by atoms with Gasteiger partial charge < -0.3 is 10.6 Å². The molecule has 0 bridgehead atoms. The number of nitrogens with one attached hydrogen (secondary N) is 2. The lowest BCUT2D eigenvalue weighted by Crippen LogP contribution is -2.31. The van der Waals surface area contributed by atoms with Gasteiger partial charge in [0.15, 0.2) is 0 Å². The standard InChI is InChI=1S/C19H22N2O2/c1-3-14(2)21-19(23)17-11-9-15(10-12-17)13-20-18(22)16-7-5-4-6-8-16/h4-12,14H,3,13H2,1-2H3,(H,20,22)(H,21,23). The summed E-state index contributed by atoms with van der Waals surface area (Å²) in [6.45, 7) is 4.44. The highest BCUT2D eigenvalue weighted by Gasteiger charge is 2.08. The Labute approximate surface area is 136 Å². The fraction of sp³-hybridized carbons (Fsp3) is 0.263. The van der Waals surface area contributed by atoms with Crippen molar-refractivity contribution in [3.63, 3.8) is 0 Å². The second kappa shape index (κ2) is 8.13. The molecule has 0 saturated heterocycles. The van der Waals surface area contributed by atoms with Gasteiger partial charge in [-0.15, -0.1) is 0 Å². The molecule has 0 fully saturated rings. The molecule has 0 aromatic heterocycles. The molecule has 0 radical (unpaired) electrons. The fourth-order valence-electron chi connectivity index (χ4n) is 2.06. The van der Waals surface area contributed by atoms with Crippen LogP contribution in [0.15, 0.2) is 54.6 Å². The molecule has 2 aromatic carbocycles. The quantitative estimate of drug-likeness (QED) is 0.861. The molecular formula is C19H22N2O2. The molecule has 23 heavy (non-hydrogen) atoms. The molecule has 0 aliphatic carbocycles. The monoisotopic (exact) mass is 310 g/mol. The number of carbonyl (C=O) groups excluding carboxylic acids is 2. The summed E-state index contributed by atoms with van der Waals surface area (Å²) >= 11 is 0. The summed E-state index contributed by atoms with van der Waals surface area (Å²) < 4.78 is 0. The highest BCUT2D eigenvalue weighted by Crippen LogP contribution is 2.06. The molecule has 1 unspecified atom stereocenters. The zero-order valence-electron chi connectivity index (χ0n) is 13.5. The summed E-state index contributed by atoms with van der Waals surface area (Å²) in [6.07, 6.45) is 0.898. The van der Waals surface area contributed by atoms with Crippen molar-refractivity contribution in [1.29, 1.82) is 0 Å². The highest BCUT2D eigenvalue weighted by atomic mass is 16.2. The number of carbonyl (C=O) groups is 2. The van der Waals surface area contributed by atoms with Crippen molar-refractivity contribution < 1.29 is 9.59 Å². The largest absolute Gasteiger partial charge is 0.350 e.